The zero-order valence-corrected chi connectivity index (χ0v) is 31.8. The van der Waals surface area contributed by atoms with E-state index in [4.69, 9.17) is 19.9 Å². The van der Waals surface area contributed by atoms with Gasteiger partial charge in [-0.1, -0.05) is 42.5 Å². The summed E-state index contributed by atoms with van der Waals surface area (Å²) in [7, 11) is -0.407. The van der Waals surface area contributed by atoms with E-state index < -0.39 is 26.7 Å². The first kappa shape index (κ1) is 39.7. The van der Waals surface area contributed by atoms with Crippen LogP contribution in [0.4, 0.5) is 13.2 Å². The van der Waals surface area contributed by atoms with Gasteiger partial charge in [0.25, 0.3) is 0 Å². The van der Waals surface area contributed by atoms with Crippen LogP contribution in [0.2, 0.25) is 0 Å². The van der Waals surface area contributed by atoms with Gasteiger partial charge >= 0.3 is 6.18 Å². The number of hydrogen-bond donors (Lipinski definition) is 1. The van der Waals surface area contributed by atoms with Crippen molar-refractivity contribution in [3.63, 3.8) is 0 Å². The van der Waals surface area contributed by atoms with Crippen molar-refractivity contribution in [3.05, 3.63) is 113 Å². The Bertz CT molecular complexity index is 2090. The van der Waals surface area contributed by atoms with Gasteiger partial charge in [0.1, 0.15) is 22.1 Å². The number of nitrogens with two attached hydrogens (primary N) is 1. The molecule has 1 aliphatic rings. The van der Waals surface area contributed by atoms with Crippen LogP contribution in [0.25, 0.3) is 11.4 Å². The molecule has 4 aromatic carbocycles. The molecular formula is C40H45F3N6O5S. The van der Waals surface area contributed by atoms with Gasteiger partial charge in [0.15, 0.2) is 5.82 Å². The molecule has 11 nitrogen and oxygen atoms in total. The second-order valence-corrected chi connectivity index (χ2v) is 15.6. The number of alkyl halides is 3. The van der Waals surface area contributed by atoms with Crippen molar-refractivity contribution in [1.29, 1.82) is 0 Å². The normalized spacial score (nSPS) is 16.3. The molecule has 6 rings (SSSR count). The molecule has 0 saturated heterocycles. The maximum Gasteiger partial charge on any atom is 0.417 e. The number of aromatic nitrogens is 4. The minimum atomic E-state index is -5.05. The number of methoxy groups -OCH3 is 3. The molecule has 0 atom stereocenters. The minimum absolute atomic E-state index is 0.0617. The molecule has 0 aliphatic heterocycles. The Morgan fingerprint density at radius 3 is 1.75 bits per heavy atom. The topological polar surface area (TPSA) is 135 Å². The van der Waals surface area contributed by atoms with E-state index in [0.29, 0.717) is 59.2 Å². The molecular weight excluding hydrogens is 734 g/mol. The van der Waals surface area contributed by atoms with Gasteiger partial charge in [0.2, 0.25) is 10.0 Å². The number of tetrazole rings is 1. The largest absolute Gasteiger partial charge is 0.497 e. The molecule has 0 radical (unpaired) electrons. The zero-order chi connectivity index (χ0) is 39.2. The second kappa shape index (κ2) is 17.2. The van der Waals surface area contributed by atoms with Gasteiger partial charge < -0.3 is 19.9 Å². The lowest BCUT2D eigenvalue weighted by Gasteiger charge is -2.32. The Morgan fingerprint density at radius 2 is 1.27 bits per heavy atom. The van der Waals surface area contributed by atoms with Gasteiger partial charge in [-0.25, -0.2) is 13.1 Å². The van der Waals surface area contributed by atoms with Crippen LogP contribution in [0.3, 0.4) is 0 Å². The van der Waals surface area contributed by atoms with E-state index >= 15 is 21.6 Å². The molecule has 15 heteroatoms. The Morgan fingerprint density at radius 1 is 0.764 bits per heavy atom. The molecule has 1 aliphatic carbocycles. The van der Waals surface area contributed by atoms with Crippen LogP contribution in [0.1, 0.15) is 65.8 Å². The predicted octanol–water partition coefficient (Wildman–Crippen LogP) is 7.45. The van der Waals surface area contributed by atoms with Gasteiger partial charge in [-0.05, 0) is 126 Å². The van der Waals surface area contributed by atoms with Crippen LogP contribution in [0, 0.1) is 5.92 Å². The average Bonchev–Trinajstić information content (AvgIpc) is 3.65. The number of nitrogens with zero attached hydrogens (tertiary/aromatic N) is 5. The van der Waals surface area contributed by atoms with Gasteiger partial charge in [-0.15, -0.1) is 5.10 Å². The molecule has 292 valence electrons. The second-order valence-electron chi connectivity index (χ2n) is 13.7. The highest BCUT2D eigenvalue weighted by atomic mass is 32.2. The summed E-state index contributed by atoms with van der Waals surface area (Å²) in [6.07, 6.45) is -1.30. The van der Waals surface area contributed by atoms with Crippen LogP contribution >= 0.6 is 0 Å². The molecule has 1 fully saturated rings. The number of benzene rings is 4. The van der Waals surface area contributed by atoms with Crippen LogP contribution in [-0.4, -0.2) is 60.8 Å². The number of ether oxygens (including phenoxy) is 3. The Kier molecular flexibility index (Phi) is 12.4. The Hall–Kier alpha value is -4.99. The quantitative estimate of drug-likeness (QED) is 0.115. The average molecular weight is 779 g/mol. The summed E-state index contributed by atoms with van der Waals surface area (Å²) >= 11 is 0. The van der Waals surface area contributed by atoms with Crippen LogP contribution < -0.4 is 19.9 Å². The fourth-order valence-corrected chi connectivity index (χ4v) is 9.10. The summed E-state index contributed by atoms with van der Waals surface area (Å²) in [5.41, 5.74) is 6.70. The molecule has 1 heterocycles. The predicted molar refractivity (Wildman–Crippen MR) is 201 cm³/mol. The molecule has 0 spiro atoms. The Labute approximate surface area is 319 Å². The van der Waals surface area contributed by atoms with E-state index in [0.717, 1.165) is 35.2 Å². The van der Waals surface area contributed by atoms with Gasteiger partial charge in [-0.2, -0.15) is 17.5 Å². The highest BCUT2D eigenvalue weighted by Gasteiger charge is 2.44. The fourth-order valence-electron chi connectivity index (χ4n) is 7.28. The summed E-state index contributed by atoms with van der Waals surface area (Å²) < 4.78 is 95.0. The Balaban J connectivity index is 1.56. The third kappa shape index (κ3) is 9.11. The molecule has 1 aromatic heterocycles. The number of sulfonamides is 1. The highest BCUT2D eigenvalue weighted by molar-refractivity contribution is 7.89. The van der Waals surface area contributed by atoms with Crippen molar-refractivity contribution in [2.45, 2.75) is 68.7 Å². The van der Waals surface area contributed by atoms with Crippen molar-refractivity contribution >= 4 is 10.0 Å². The van der Waals surface area contributed by atoms with E-state index in [1.807, 2.05) is 0 Å². The van der Waals surface area contributed by atoms with Gasteiger partial charge in [0, 0.05) is 18.7 Å². The maximum absolute atomic E-state index is 15.4. The lowest BCUT2D eigenvalue weighted by atomic mass is 9.76. The number of halogens is 3. The van der Waals surface area contributed by atoms with E-state index in [-0.39, 0.29) is 36.9 Å². The number of hydrogen-bond acceptors (Lipinski definition) is 9. The van der Waals surface area contributed by atoms with Crippen molar-refractivity contribution in [3.8, 4) is 28.6 Å². The lowest BCUT2D eigenvalue weighted by Crippen LogP contribution is -2.33. The smallest absolute Gasteiger partial charge is 0.417 e. The monoisotopic (exact) mass is 778 g/mol. The van der Waals surface area contributed by atoms with Crippen molar-refractivity contribution in [2.24, 2.45) is 11.7 Å². The zero-order valence-electron chi connectivity index (χ0n) is 31.0. The lowest BCUT2D eigenvalue weighted by molar-refractivity contribution is -0.139. The molecule has 0 amide bonds. The summed E-state index contributed by atoms with van der Waals surface area (Å²) in [4.78, 5) is -0.880. The first-order valence-electron chi connectivity index (χ1n) is 18.0. The summed E-state index contributed by atoms with van der Waals surface area (Å²) in [5, 5.41) is 12.3. The van der Waals surface area contributed by atoms with Crippen LogP contribution in [-0.2, 0) is 35.8 Å². The standard InChI is InChI=1S/C40H45F3N6O5S/c1-52-32-14-6-28(7-15-32)24-48(25-29-8-16-33(53-2)17-9-29)55(50,51)38-36(40(41,42)43)21-20-35(31-12-4-27(5-13-31)22-23-44)37(38)39-45-46-47-49(39)26-30-10-18-34(54-3)19-11-30/h6-11,14-21,27,31H,4-5,12-13,22-26,44H2,1-3H3. The van der Waals surface area contributed by atoms with Crippen LogP contribution in [0.5, 0.6) is 17.2 Å². The molecule has 0 unspecified atom stereocenters. The van der Waals surface area contributed by atoms with Gasteiger partial charge in [0.05, 0.1) is 33.4 Å². The SMILES string of the molecule is COc1ccc(CN(Cc2ccc(OC)cc2)S(=O)(=O)c2c(C(F)(F)F)ccc(C3CCC(CCN)CC3)c2-c2nnnn2Cc2ccc(OC)cc2)cc1. The van der Waals surface area contributed by atoms with Crippen molar-refractivity contribution in [2.75, 3.05) is 27.9 Å². The van der Waals surface area contributed by atoms with E-state index in [2.05, 4.69) is 15.5 Å². The van der Waals surface area contributed by atoms with E-state index in [1.54, 1.807) is 79.9 Å². The van der Waals surface area contributed by atoms with E-state index in [9.17, 15) is 0 Å². The third-order valence-corrected chi connectivity index (χ3v) is 12.1. The summed E-state index contributed by atoms with van der Waals surface area (Å²) in [5.74, 6) is 1.78. The molecule has 1 saturated carbocycles. The maximum atomic E-state index is 15.4. The van der Waals surface area contributed by atoms with Crippen molar-refractivity contribution < 1.29 is 35.8 Å². The molecule has 2 N–H and O–H groups in total. The first-order valence-corrected chi connectivity index (χ1v) is 19.5. The summed E-state index contributed by atoms with van der Waals surface area (Å²) in [6, 6.07) is 22.8. The van der Waals surface area contributed by atoms with Crippen molar-refractivity contribution in [1.82, 2.24) is 24.5 Å². The molecule has 5 aromatic rings. The summed E-state index contributed by atoms with van der Waals surface area (Å²) in [6.45, 7) is 0.133. The molecule has 0 bridgehead atoms. The molecule has 55 heavy (non-hydrogen) atoms. The van der Waals surface area contributed by atoms with Crippen LogP contribution in [0.15, 0.2) is 89.8 Å². The van der Waals surface area contributed by atoms with E-state index in [1.165, 1.54) is 25.0 Å². The van der Waals surface area contributed by atoms with Gasteiger partial charge in [-0.3, -0.25) is 0 Å². The first-order chi connectivity index (χ1) is 26.4. The number of rotatable bonds is 15. The third-order valence-electron chi connectivity index (χ3n) is 10.2. The highest BCUT2D eigenvalue weighted by Crippen LogP contribution is 2.47. The minimum Gasteiger partial charge on any atom is -0.497 e. The fraction of sp³-hybridized carbons (Fsp3) is 0.375.